The lowest BCUT2D eigenvalue weighted by atomic mass is 10.1. The van der Waals surface area contributed by atoms with Crippen molar-refractivity contribution in [3.63, 3.8) is 0 Å². The minimum Gasteiger partial charge on any atom is -0.373 e. The molecule has 4 heteroatoms. The molecule has 0 radical (unpaired) electrons. The van der Waals surface area contributed by atoms with Gasteiger partial charge in [0.15, 0.2) is 0 Å². The second-order valence-electron chi connectivity index (χ2n) is 3.81. The van der Waals surface area contributed by atoms with E-state index in [-0.39, 0.29) is 6.03 Å². The molecule has 1 aromatic carbocycles. The van der Waals surface area contributed by atoms with Gasteiger partial charge in [-0.3, -0.25) is 0 Å². The topological polar surface area (TPSA) is 49.6 Å². The predicted molar refractivity (Wildman–Crippen MR) is 59.7 cm³/mol. The van der Waals surface area contributed by atoms with Crippen LogP contribution in [0.2, 0.25) is 0 Å². The number of primary amides is 1. The molecule has 0 bridgehead atoms. The number of carbonyl (C=O) groups excluding carboxylic acids is 1. The molecule has 1 aliphatic rings. The quantitative estimate of drug-likeness (QED) is 0.687. The van der Waals surface area contributed by atoms with Crippen molar-refractivity contribution in [1.82, 2.24) is 4.90 Å². The Hall–Kier alpha value is -1.71. The first kappa shape index (κ1) is 9.83. The van der Waals surface area contributed by atoms with E-state index in [4.69, 9.17) is 5.73 Å². The van der Waals surface area contributed by atoms with Crippen LogP contribution in [0.1, 0.15) is 5.56 Å². The largest absolute Gasteiger partial charge is 0.373 e. The number of likely N-dealkylation sites (N-methyl/N-ethyl adjacent to an activating group) is 1. The number of rotatable bonds is 0. The number of nitrogens with zero attached hydrogens (tertiary/aromatic N) is 2. The van der Waals surface area contributed by atoms with E-state index in [0.717, 1.165) is 12.1 Å². The Kier molecular flexibility index (Phi) is 2.49. The van der Waals surface area contributed by atoms with Gasteiger partial charge in [-0.15, -0.1) is 0 Å². The van der Waals surface area contributed by atoms with Crippen LogP contribution in [0.15, 0.2) is 24.3 Å². The number of urea groups is 1. The summed E-state index contributed by atoms with van der Waals surface area (Å²) in [5.41, 5.74) is 7.64. The van der Waals surface area contributed by atoms with Crippen LogP contribution in [0, 0.1) is 0 Å². The second-order valence-corrected chi connectivity index (χ2v) is 3.81. The van der Waals surface area contributed by atoms with Crippen LogP contribution in [0.3, 0.4) is 0 Å². The SMILES string of the molecule is CN1CCN(C(N)=O)Cc2ccccc21. The van der Waals surface area contributed by atoms with Gasteiger partial charge >= 0.3 is 6.03 Å². The van der Waals surface area contributed by atoms with Crippen LogP contribution in [-0.4, -0.2) is 31.1 Å². The lowest BCUT2D eigenvalue weighted by molar-refractivity contribution is 0.207. The van der Waals surface area contributed by atoms with Gasteiger partial charge in [0.05, 0.1) is 0 Å². The maximum absolute atomic E-state index is 11.2. The maximum atomic E-state index is 11.2. The standard InChI is InChI=1S/C11H15N3O/c1-13-6-7-14(11(12)15)8-9-4-2-3-5-10(9)13/h2-5H,6-8H2,1H3,(H2,12,15). The summed E-state index contributed by atoms with van der Waals surface area (Å²) in [4.78, 5) is 15.0. The van der Waals surface area contributed by atoms with Gasteiger partial charge in [0.25, 0.3) is 0 Å². The molecule has 80 valence electrons. The predicted octanol–water partition coefficient (Wildman–Crippen LogP) is 1.02. The first-order valence-corrected chi connectivity index (χ1v) is 5.02. The molecule has 0 saturated carbocycles. The van der Waals surface area contributed by atoms with Gasteiger partial charge in [-0.1, -0.05) is 18.2 Å². The molecular weight excluding hydrogens is 190 g/mol. The minimum absolute atomic E-state index is 0.347. The monoisotopic (exact) mass is 205 g/mol. The van der Waals surface area contributed by atoms with E-state index < -0.39 is 0 Å². The fourth-order valence-electron chi connectivity index (χ4n) is 1.88. The van der Waals surface area contributed by atoms with Gasteiger partial charge in [0.2, 0.25) is 0 Å². The van der Waals surface area contributed by atoms with E-state index in [1.54, 1.807) is 4.90 Å². The normalized spacial score (nSPS) is 15.8. The number of benzene rings is 1. The van der Waals surface area contributed by atoms with Gasteiger partial charge < -0.3 is 15.5 Å². The maximum Gasteiger partial charge on any atom is 0.315 e. The smallest absolute Gasteiger partial charge is 0.315 e. The van der Waals surface area contributed by atoms with Crippen molar-refractivity contribution >= 4 is 11.7 Å². The highest BCUT2D eigenvalue weighted by Gasteiger charge is 2.18. The van der Waals surface area contributed by atoms with E-state index in [1.165, 1.54) is 5.69 Å². The minimum atomic E-state index is -0.347. The highest BCUT2D eigenvalue weighted by molar-refractivity contribution is 5.73. The van der Waals surface area contributed by atoms with Crippen LogP contribution in [-0.2, 0) is 6.54 Å². The Bertz CT molecular complexity index is 378. The molecule has 1 heterocycles. The van der Waals surface area contributed by atoms with Crippen molar-refractivity contribution in [2.45, 2.75) is 6.54 Å². The number of hydrogen-bond acceptors (Lipinski definition) is 2. The molecule has 0 spiro atoms. The lowest BCUT2D eigenvalue weighted by Gasteiger charge is -2.18. The van der Waals surface area contributed by atoms with E-state index in [2.05, 4.69) is 11.0 Å². The van der Waals surface area contributed by atoms with Gasteiger partial charge in [0, 0.05) is 32.4 Å². The Balaban J connectivity index is 2.33. The third-order valence-electron chi connectivity index (χ3n) is 2.78. The number of para-hydroxylation sites is 1. The van der Waals surface area contributed by atoms with Crippen molar-refractivity contribution in [2.24, 2.45) is 5.73 Å². The van der Waals surface area contributed by atoms with Gasteiger partial charge in [-0.05, 0) is 11.6 Å². The fraction of sp³-hybridized carbons (Fsp3) is 0.364. The molecule has 2 N–H and O–H groups in total. The number of amides is 2. The van der Waals surface area contributed by atoms with Crippen molar-refractivity contribution in [3.8, 4) is 0 Å². The van der Waals surface area contributed by atoms with Gasteiger partial charge in [-0.2, -0.15) is 0 Å². The first-order valence-electron chi connectivity index (χ1n) is 5.02. The van der Waals surface area contributed by atoms with E-state index in [0.29, 0.717) is 13.1 Å². The molecule has 2 rings (SSSR count). The molecule has 4 nitrogen and oxygen atoms in total. The highest BCUT2D eigenvalue weighted by atomic mass is 16.2. The van der Waals surface area contributed by atoms with Crippen LogP contribution >= 0.6 is 0 Å². The van der Waals surface area contributed by atoms with Crippen LogP contribution < -0.4 is 10.6 Å². The summed E-state index contributed by atoms with van der Waals surface area (Å²) in [7, 11) is 2.03. The van der Waals surface area contributed by atoms with Gasteiger partial charge in [-0.25, -0.2) is 4.79 Å². The second kappa shape index (κ2) is 3.81. The molecule has 2 amide bonds. The van der Waals surface area contributed by atoms with Crippen molar-refractivity contribution < 1.29 is 4.79 Å². The van der Waals surface area contributed by atoms with Crippen molar-refractivity contribution in [1.29, 1.82) is 0 Å². The molecule has 1 aromatic rings. The molecule has 1 aliphatic heterocycles. The molecule has 0 fully saturated rings. The molecule has 15 heavy (non-hydrogen) atoms. The molecule has 0 aromatic heterocycles. The third-order valence-corrected chi connectivity index (χ3v) is 2.78. The Morgan fingerprint density at radius 3 is 2.80 bits per heavy atom. The number of carbonyl (C=O) groups is 1. The Morgan fingerprint density at radius 1 is 1.33 bits per heavy atom. The summed E-state index contributed by atoms with van der Waals surface area (Å²) in [6.45, 7) is 2.11. The average molecular weight is 205 g/mol. The van der Waals surface area contributed by atoms with Crippen LogP contribution in [0.25, 0.3) is 0 Å². The zero-order valence-electron chi connectivity index (χ0n) is 8.81. The Morgan fingerprint density at radius 2 is 2.07 bits per heavy atom. The summed E-state index contributed by atoms with van der Waals surface area (Å²) in [5, 5.41) is 0. The molecular formula is C11H15N3O. The third kappa shape index (κ3) is 1.88. The first-order chi connectivity index (χ1) is 7.18. The van der Waals surface area contributed by atoms with E-state index in [1.807, 2.05) is 25.2 Å². The van der Waals surface area contributed by atoms with E-state index in [9.17, 15) is 4.79 Å². The van der Waals surface area contributed by atoms with Crippen LogP contribution in [0.5, 0.6) is 0 Å². The number of nitrogens with two attached hydrogens (primary N) is 1. The van der Waals surface area contributed by atoms with Crippen LogP contribution in [0.4, 0.5) is 10.5 Å². The Labute approximate surface area is 89.3 Å². The molecule has 0 unspecified atom stereocenters. The summed E-state index contributed by atoms with van der Waals surface area (Å²) in [6, 6.07) is 7.75. The average Bonchev–Trinajstić information content (AvgIpc) is 2.39. The highest BCUT2D eigenvalue weighted by Crippen LogP contribution is 2.23. The molecule has 0 atom stereocenters. The number of anilines is 1. The zero-order chi connectivity index (χ0) is 10.8. The summed E-state index contributed by atoms with van der Waals surface area (Å²) < 4.78 is 0. The van der Waals surface area contributed by atoms with E-state index >= 15 is 0 Å². The van der Waals surface area contributed by atoms with Gasteiger partial charge in [0.1, 0.15) is 0 Å². The fourth-order valence-corrected chi connectivity index (χ4v) is 1.88. The summed E-state index contributed by atoms with van der Waals surface area (Å²) in [6.07, 6.45) is 0. The zero-order valence-corrected chi connectivity index (χ0v) is 8.81. The molecule has 0 aliphatic carbocycles. The summed E-state index contributed by atoms with van der Waals surface area (Å²) in [5.74, 6) is 0. The number of hydrogen-bond donors (Lipinski definition) is 1. The van der Waals surface area contributed by atoms with Crippen molar-refractivity contribution in [2.75, 3.05) is 25.0 Å². The summed E-state index contributed by atoms with van der Waals surface area (Å²) >= 11 is 0. The number of fused-ring (bicyclic) bond motifs is 1. The molecule has 0 saturated heterocycles. The van der Waals surface area contributed by atoms with Crippen molar-refractivity contribution in [3.05, 3.63) is 29.8 Å². The lowest BCUT2D eigenvalue weighted by Crippen LogP contribution is -2.37.